The highest BCUT2D eigenvalue weighted by Crippen LogP contribution is 2.23. The Hall–Kier alpha value is -1.26. The molecule has 4 nitrogen and oxygen atoms in total. The van der Waals surface area contributed by atoms with Crippen LogP contribution in [-0.2, 0) is 6.54 Å². The summed E-state index contributed by atoms with van der Waals surface area (Å²) < 4.78 is 10.6. The molecule has 1 saturated heterocycles. The van der Waals surface area contributed by atoms with Crippen molar-refractivity contribution in [2.75, 3.05) is 34.4 Å². The number of nitrogens with one attached hydrogen (secondary N) is 1. The van der Waals surface area contributed by atoms with Gasteiger partial charge in [0.1, 0.15) is 11.5 Å². The van der Waals surface area contributed by atoms with E-state index < -0.39 is 0 Å². The average Bonchev–Trinajstić information content (AvgIpc) is 2.84. The van der Waals surface area contributed by atoms with Gasteiger partial charge >= 0.3 is 0 Å². The van der Waals surface area contributed by atoms with Gasteiger partial charge in [0.15, 0.2) is 0 Å². The minimum atomic E-state index is 0.664. The summed E-state index contributed by atoms with van der Waals surface area (Å²) in [7, 11) is 5.59. The molecule has 0 aromatic heterocycles. The Morgan fingerprint density at radius 3 is 2.79 bits per heavy atom. The molecule has 19 heavy (non-hydrogen) atoms. The average molecular weight is 264 g/mol. The van der Waals surface area contributed by atoms with Crippen LogP contribution in [0.5, 0.6) is 11.5 Å². The Labute approximate surface area is 115 Å². The number of ether oxygens (including phenoxy) is 2. The number of hydrogen-bond acceptors (Lipinski definition) is 4. The number of likely N-dealkylation sites (tertiary alicyclic amines) is 1. The fourth-order valence-corrected chi connectivity index (χ4v) is 2.63. The lowest BCUT2D eigenvalue weighted by Gasteiger charge is -2.20. The van der Waals surface area contributed by atoms with Crippen molar-refractivity contribution in [3.63, 3.8) is 0 Å². The lowest BCUT2D eigenvalue weighted by Crippen LogP contribution is -2.35. The summed E-state index contributed by atoms with van der Waals surface area (Å²) in [5, 5.41) is 3.52. The Kier molecular flexibility index (Phi) is 5.05. The van der Waals surface area contributed by atoms with E-state index in [0.717, 1.165) is 30.2 Å². The van der Waals surface area contributed by atoms with Gasteiger partial charge in [-0.25, -0.2) is 0 Å². The lowest BCUT2D eigenvalue weighted by molar-refractivity contribution is 0.299. The van der Waals surface area contributed by atoms with Crippen molar-refractivity contribution < 1.29 is 9.47 Å². The van der Waals surface area contributed by atoms with Gasteiger partial charge < -0.3 is 19.7 Å². The van der Waals surface area contributed by atoms with E-state index in [4.69, 9.17) is 9.47 Å². The highest BCUT2D eigenvalue weighted by molar-refractivity contribution is 5.40. The number of hydrogen-bond donors (Lipinski definition) is 1. The van der Waals surface area contributed by atoms with Gasteiger partial charge in [-0.3, -0.25) is 0 Å². The summed E-state index contributed by atoms with van der Waals surface area (Å²) in [6.45, 7) is 3.05. The number of nitrogens with zero attached hydrogens (tertiary/aromatic N) is 1. The first-order valence-electron chi connectivity index (χ1n) is 6.86. The van der Waals surface area contributed by atoms with Gasteiger partial charge in [-0.05, 0) is 44.6 Å². The first-order chi connectivity index (χ1) is 9.24. The lowest BCUT2D eigenvalue weighted by atomic mass is 10.1. The summed E-state index contributed by atoms with van der Waals surface area (Å²) >= 11 is 0. The molecule has 1 aromatic carbocycles. The zero-order chi connectivity index (χ0) is 13.7. The largest absolute Gasteiger partial charge is 0.497 e. The van der Waals surface area contributed by atoms with E-state index in [9.17, 15) is 0 Å². The molecule has 0 bridgehead atoms. The molecule has 1 aliphatic rings. The number of methoxy groups -OCH3 is 2. The van der Waals surface area contributed by atoms with E-state index in [0.29, 0.717) is 6.04 Å². The van der Waals surface area contributed by atoms with Gasteiger partial charge in [0, 0.05) is 24.7 Å². The molecule has 0 spiro atoms. The van der Waals surface area contributed by atoms with Crippen LogP contribution in [0.25, 0.3) is 0 Å². The Bertz CT molecular complexity index is 409. The zero-order valence-corrected chi connectivity index (χ0v) is 12.1. The van der Waals surface area contributed by atoms with Crippen LogP contribution in [0.1, 0.15) is 18.4 Å². The molecule has 0 aliphatic carbocycles. The molecule has 1 aliphatic heterocycles. The quantitative estimate of drug-likeness (QED) is 0.850. The molecule has 2 rings (SSSR count). The van der Waals surface area contributed by atoms with Crippen LogP contribution in [-0.4, -0.2) is 45.3 Å². The molecule has 106 valence electrons. The predicted molar refractivity (Wildman–Crippen MR) is 76.9 cm³/mol. The fraction of sp³-hybridized carbons (Fsp3) is 0.600. The van der Waals surface area contributed by atoms with E-state index in [1.54, 1.807) is 14.2 Å². The summed E-state index contributed by atoms with van der Waals surface area (Å²) in [4.78, 5) is 2.43. The molecular weight excluding hydrogens is 240 g/mol. The van der Waals surface area contributed by atoms with Gasteiger partial charge in [0.25, 0.3) is 0 Å². The predicted octanol–water partition coefficient (Wildman–Crippen LogP) is 1.89. The summed E-state index contributed by atoms with van der Waals surface area (Å²) in [6.07, 6.45) is 2.60. The second kappa shape index (κ2) is 6.78. The number of benzene rings is 1. The van der Waals surface area contributed by atoms with E-state index in [1.165, 1.54) is 19.4 Å². The first kappa shape index (κ1) is 14.2. The van der Waals surface area contributed by atoms with Gasteiger partial charge in [-0.1, -0.05) is 0 Å². The van der Waals surface area contributed by atoms with Gasteiger partial charge in [0.2, 0.25) is 0 Å². The van der Waals surface area contributed by atoms with E-state index in [1.807, 2.05) is 18.2 Å². The van der Waals surface area contributed by atoms with Gasteiger partial charge in [-0.15, -0.1) is 0 Å². The Morgan fingerprint density at radius 1 is 1.32 bits per heavy atom. The van der Waals surface area contributed by atoms with Crippen molar-refractivity contribution in [3.05, 3.63) is 23.8 Å². The van der Waals surface area contributed by atoms with Crippen molar-refractivity contribution in [3.8, 4) is 11.5 Å². The molecule has 4 heteroatoms. The van der Waals surface area contributed by atoms with Gasteiger partial charge in [0.05, 0.1) is 14.2 Å². The fourth-order valence-electron chi connectivity index (χ4n) is 2.63. The van der Waals surface area contributed by atoms with Crippen molar-refractivity contribution in [2.45, 2.75) is 25.4 Å². The monoisotopic (exact) mass is 264 g/mol. The van der Waals surface area contributed by atoms with E-state index in [2.05, 4.69) is 17.3 Å². The first-order valence-corrected chi connectivity index (χ1v) is 6.86. The van der Waals surface area contributed by atoms with Crippen LogP contribution in [0.3, 0.4) is 0 Å². The third-order valence-corrected chi connectivity index (χ3v) is 3.85. The molecule has 1 unspecified atom stereocenters. The molecule has 1 atom stereocenters. The molecule has 0 saturated carbocycles. The van der Waals surface area contributed by atoms with Crippen LogP contribution < -0.4 is 14.8 Å². The van der Waals surface area contributed by atoms with Crippen LogP contribution >= 0.6 is 0 Å². The standard InChI is InChI=1S/C15H24N2O2/c1-17-8-4-5-13(17)11-16-10-12-9-14(18-2)6-7-15(12)19-3/h6-7,9,13,16H,4-5,8,10-11H2,1-3H3. The molecule has 1 N–H and O–H groups in total. The molecule has 0 amide bonds. The molecule has 1 heterocycles. The summed E-state index contributed by atoms with van der Waals surface area (Å²) in [6, 6.07) is 6.58. The van der Waals surface area contributed by atoms with Crippen molar-refractivity contribution in [1.82, 2.24) is 10.2 Å². The number of likely N-dealkylation sites (N-methyl/N-ethyl adjacent to an activating group) is 1. The molecule has 1 aromatic rings. The highest BCUT2D eigenvalue weighted by Gasteiger charge is 2.20. The molecular formula is C15H24N2O2. The van der Waals surface area contributed by atoms with Crippen molar-refractivity contribution in [1.29, 1.82) is 0 Å². The maximum atomic E-state index is 5.38. The zero-order valence-electron chi connectivity index (χ0n) is 12.1. The minimum Gasteiger partial charge on any atom is -0.497 e. The van der Waals surface area contributed by atoms with Crippen LogP contribution in [0.4, 0.5) is 0 Å². The summed E-state index contributed by atoms with van der Waals surface area (Å²) in [5.41, 5.74) is 1.14. The smallest absolute Gasteiger partial charge is 0.123 e. The Balaban J connectivity index is 1.90. The van der Waals surface area contributed by atoms with E-state index in [-0.39, 0.29) is 0 Å². The van der Waals surface area contributed by atoms with Crippen LogP contribution in [0.15, 0.2) is 18.2 Å². The second-order valence-electron chi connectivity index (χ2n) is 5.09. The third-order valence-electron chi connectivity index (χ3n) is 3.85. The minimum absolute atomic E-state index is 0.664. The maximum absolute atomic E-state index is 5.38. The summed E-state index contributed by atoms with van der Waals surface area (Å²) in [5.74, 6) is 1.78. The topological polar surface area (TPSA) is 33.7 Å². The van der Waals surface area contributed by atoms with Crippen LogP contribution in [0.2, 0.25) is 0 Å². The van der Waals surface area contributed by atoms with Crippen molar-refractivity contribution >= 4 is 0 Å². The SMILES string of the molecule is COc1ccc(OC)c(CNCC2CCCN2C)c1. The third kappa shape index (κ3) is 3.61. The highest BCUT2D eigenvalue weighted by atomic mass is 16.5. The van der Waals surface area contributed by atoms with Crippen LogP contribution in [0, 0.1) is 0 Å². The van der Waals surface area contributed by atoms with Crippen molar-refractivity contribution in [2.24, 2.45) is 0 Å². The van der Waals surface area contributed by atoms with Gasteiger partial charge in [-0.2, -0.15) is 0 Å². The maximum Gasteiger partial charge on any atom is 0.123 e. The normalized spacial score (nSPS) is 19.6. The van der Waals surface area contributed by atoms with E-state index >= 15 is 0 Å². The number of rotatable bonds is 6. The Morgan fingerprint density at radius 2 is 2.16 bits per heavy atom. The second-order valence-corrected chi connectivity index (χ2v) is 5.09. The molecule has 1 fully saturated rings. The molecule has 0 radical (unpaired) electrons.